The molecule has 3 N–H and O–H groups in total. The molecule has 310 valence electrons. The van der Waals surface area contributed by atoms with Gasteiger partial charge in [-0.3, -0.25) is 19.3 Å². The molecule has 1 saturated heterocycles. The third kappa shape index (κ3) is 15.5. The van der Waals surface area contributed by atoms with E-state index in [-0.39, 0.29) is 78.9 Å². The Balaban J connectivity index is 0.00000487. The number of carbonyl (C=O) groups excluding carboxylic acids is 3. The molecule has 2 aliphatic rings. The molecule has 0 saturated carbocycles. The summed E-state index contributed by atoms with van der Waals surface area (Å²) in [7, 11) is 5.56. The zero-order chi connectivity index (χ0) is 41.7. The summed E-state index contributed by atoms with van der Waals surface area (Å²) in [6, 6.07) is -0.938. The normalized spacial score (nSPS) is 19.6. The lowest BCUT2D eigenvalue weighted by Crippen LogP contribution is -2.53. The van der Waals surface area contributed by atoms with Crippen LogP contribution in [-0.4, -0.2) is 110 Å². The van der Waals surface area contributed by atoms with Gasteiger partial charge in [0, 0.05) is 32.6 Å². The van der Waals surface area contributed by atoms with Gasteiger partial charge in [0.05, 0.1) is 43.2 Å². The number of amides is 3. The molecule has 11 nitrogen and oxygen atoms in total. The van der Waals surface area contributed by atoms with Crippen molar-refractivity contribution in [3.8, 4) is 12.3 Å². The molecule has 0 aromatic heterocycles. The van der Waals surface area contributed by atoms with Crippen LogP contribution in [0.5, 0.6) is 0 Å². The number of ether oxygens (including phenoxy) is 2. The highest BCUT2D eigenvalue weighted by Crippen LogP contribution is 2.36. The maximum absolute atomic E-state index is 13.5. The van der Waals surface area contributed by atoms with Gasteiger partial charge in [-0.25, -0.2) is 0 Å². The van der Waals surface area contributed by atoms with Crippen LogP contribution in [-0.2, 0) is 23.9 Å². The average molecular weight is 767 g/mol. The van der Waals surface area contributed by atoms with E-state index in [4.69, 9.17) is 15.9 Å². The highest BCUT2D eigenvalue weighted by atomic mass is 16.5. The van der Waals surface area contributed by atoms with Crippen molar-refractivity contribution in [2.24, 2.45) is 17.8 Å². The Morgan fingerprint density at radius 1 is 1.07 bits per heavy atom. The van der Waals surface area contributed by atoms with E-state index in [9.17, 15) is 14.4 Å². The molecule has 2 heterocycles. The number of likely N-dealkylation sites (N-methyl/N-ethyl adjacent to an activating group) is 2. The minimum absolute atomic E-state index is 0.0619. The smallest absolute Gasteiger partial charge is 0.243 e. The number of rotatable bonds is 22. The summed E-state index contributed by atoms with van der Waals surface area (Å²) in [5.74, 6) is 2.43. The minimum Gasteiger partial charge on any atom is -0.494 e. The number of carbonyl (C=O) groups is 3. The van der Waals surface area contributed by atoms with E-state index in [0.29, 0.717) is 12.8 Å². The number of nitrogens with one attached hydrogen (secondary N) is 3. The van der Waals surface area contributed by atoms with Crippen molar-refractivity contribution in [1.29, 1.82) is 0 Å². The molecule has 55 heavy (non-hydrogen) atoms. The van der Waals surface area contributed by atoms with Crippen LogP contribution in [0.1, 0.15) is 93.9 Å². The predicted molar refractivity (Wildman–Crippen MR) is 225 cm³/mol. The molecular weight excluding hydrogens is 693 g/mol. The summed E-state index contributed by atoms with van der Waals surface area (Å²) in [5.41, 5.74) is 1.97. The van der Waals surface area contributed by atoms with Gasteiger partial charge < -0.3 is 35.2 Å². The first kappa shape index (κ1) is 48.8. The van der Waals surface area contributed by atoms with Crippen molar-refractivity contribution in [2.45, 2.75) is 130 Å². The highest BCUT2D eigenvalue weighted by molar-refractivity contribution is 5.87. The summed E-state index contributed by atoms with van der Waals surface area (Å²) in [4.78, 5) is 45.3. The molecule has 11 heteroatoms. The van der Waals surface area contributed by atoms with Gasteiger partial charge in [-0.2, -0.15) is 0 Å². The number of nitrogens with zero attached hydrogens (tertiary/aromatic N) is 3. The fourth-order valence-corrected chi connectivity index (χ4v) is 7.35. The first-order chi connectivity index (χ1) is 26.1. The van der Waals surface area contributed by atoms with E-state index >= 15 is 0 Å². The van der Waals surface area contributed by atoms with E-state index in [1.165, 1.54) is 6.42 Å². The molecule has 1 fully saturated rings. The number of hydrogen-bond acceptors (Lipinski definition) is 8. The van der Waals surface area contributed by atoms with E-state index in [1.807, 2.05) is 52.2 Å². The SMILES string of the molecule is C#CCNC(=O)[C@H](C/C(C=C)=C/C=C)N/C=C/O[C@H](C(C)C)[C@@H]1CCCN1C1=COC(C(C(C)CC)N(C)C(=O)CNC(=O)C(C(C)C)N(C)C)C1.CCC. The van der Waals surface area contributed by atoms with Crippen molar-refractivity contribution in [3.63, 3.8) is 0 Å². The van der Waals surface area contributed by atoms with Gasteiger partial charge in [-0.1, -0.05) is 106 Å². The largest absolute Gasteiger partial charge is 0.494 e. The van der Waals surface area contributed by atoms with Crippen molar-refractivity contribution in [1.82, 2.24) is 30.7 Å². The Kier molecular flexibility index (Phi) is 22.9. The molecule has 0 aromatic carbocycles. The standard InChI is InChI=1S/C41H66N6O5.C3H8/c1-13-18-31(16-4)24-33(40(49)43-20-14-2)42-21-23-51-39(29(7)8)34-19-17-22-47(34)32-25-35(52-27-32)38(30(9)15-3)46(12)36(48)26-44-41(50)37(28(5)6)45(10)11;1-3-2/h2,13,16,18,21,23,27-30,33-35,37-39,42H,1,4,15,17,19-20,22,24-26H2,3,5-12H3,(H,43,49)(H,44,50);3H2,1-2H3/b23-21+,31-18+;/t30?,33-,34-,35?,37?,38?,39+;/m0./s1. The van der Waals surface area contributed by atoms with Crippen LogP contribution in [0.4, 0.5) is 0 Å². The average Bonchev–Trinajstić information content (AvgIpc) is 3.82. The Labute approximate surface area is 334 Å². The molecule has 4 unspecified atom stereocenters. The molecule has 0 aromatic rings. The van der Waals surface area contributed by atoms with E-state index < -0.39 is 6.04 Å². The van der Waals surface area contributed by atoms with E-state index in [0.717, 1.165) is 37.1 Å². The molecular formula is C44H74N6O5. The fourth-order valence-electron chi connectivity index (χ4n) is 7.35. The summed E-state index contributed by atoms with van der Waals surface area (Å²) >= 11 is 0. The van der Waals surface area contributed by atoms with E-state index in [1.54, 1.807) is 29.5 Å². The first-order valence-corrected chi connectivity index (χ1v) is 20.2. The lowest BCUT2D eigenvalue weighted by Gasteiger charge is -2.38. The molecule has 3 amide bonds. The van der Waals surface area contributed by atoms with Gasteiger partial charge in [0.2, 0.25) is 17.7 Å². The fraction of sp³-hybridized carbons (Fsp3) is 0.659. The Hall–Kier alpha value is -4.17. The first-order valence-electron chi connectivity index (χ1n) is 20.2. The van der Waals surface area contributed by atoms with Crippen molar-refractivity contribution >= 4 is 17.7 Å². The quantitative estimate of drug-likeness (QED) is 0.0701. The van der Waals surface area contributed by atoms with Gasteiger partial charge in [-0.05, 0) is 50.3 Å². The second kappa shape index (κ2) is 25.8. The second-order valence-electron chi connectivity index (χ2n) is 15.5. The third-order valence-electron chi connectivity index (χ3n) is 10.1. The van der Waals surface area contributed by atoms with Crippen LogP contribution in [0, 0.1) is 30.1 Å². The molecule has 0 aliphatic carbocycles. The maximum atomic E-state index is 13.5. The minimum atomic E-state index is -0.578. The van der Waals surface area contributed by atoms with Crippen LogP contribution < -0.4 is 16.0 Å². The number of likely N-dealkylation sites (tertiary alicyclic amines) is 1. The van der Waals surface area contributed by atoms with Gasteiger partial charge in [0.25, 0.3) is 0 Å². The van der Waals surface area contributed by atoms with Crippen molar-refractivity contribution in [2.75, 3.05) is 40.8 Å². The number of terminal acetylenes is 1. The molecule has 0 radical (unpaired) electrons. The summed E-state index contributed by atoms with van der Waals surface area (Å²) in [6.45, 7) is 25.4. The third-order valence-corrected chi connectivity index (χ3v) is 10.1. The Morgan fingerprint density at radius 3 is 2.29 bits per heavy atom. The van der Waals surface area contributed by atoms with Crippen LogP contribution in [0.15, 0.2) is 61.4 Å². The zero-order valence-electron chi connectivity index (χ0n) is 35.9. The van der Waals surface area contributed by atoms with Gasteiger partial charge in [0.15, 0.2) is 0 Å². The predicted octanol–water partition coefficient (Wildman–Crippen LogP) is 5.98. The summed E-state index contributed by atoms with van der Waals surface area (Å²) in [5, 5.41) is 8.79. The lowest BCUT2D eigenvalue weighted by atomic mass is 9.90. The molecule has 0 bridgehead atoms. The topological polar surface area (TPSA) is 115 Å². The number of allylic oxidation sites excluding steroid dienone is 3. The lowest BCUT2D eigenvalue weighted by molar-refractivity contribution is -0.137. The zero-order valence-corrected chi connectivity index (χ0v) is 35.9. The Morgan fingerprint density at radius 2 is 1.75 bits per heavy atom. The van der Waals surface area contributed by atoms with Crippen molar-refractivity contribution in [3.05, 3.63) is 61.4 Å². The molecule has 7 atom stereocenters. The maximum Gasteiger partial charge on any atom is 0.243 e. The van der Waals surface area contributed by atoms with Gasteiger partial charge in [-0.15, -0.1) is 6.42 Å². The second-order valence-corrected chi connectivity index (χ2v) is 15.5. The van der Waals surface area contributed by atoms with Gasteiger partial charge >= 0.3 is 0 Å². The van der Waals surface area contributed by atoms with Crippen LogP contribution in [0.3, 0.4) is 0 Å². The van der Waals surface area contributed by atoms with Crippen molar-refractivity contribution < 1.29 is 23.9 Å². The summed E-state index contributed by atoms with van der Waals surface area (Å²) < 4.78 is 12.8. The van der Waals surface area contributed by atoms with Crippen LogP contribution >= 0.6 is 0 Å². The van der Waals surface area contributed by atoms with Crippen LogP contribution in [0.2, 0.25) is 0 Å². The van der Waals surface area contributed by atoms with Gasteiger partial charge in [0.1, 0.15) is 24.5 Å². The number of hydrogen-bond donors (Lipinski definition) is 3. The molecule has 2 aliphatic heterocycles. The molecule has 2 rings (SSSR count). The highest BCUT2D eigenvalue weighted by Gasteiger charge is 2.41. The molecule has 0 spiro atoms. The summed E-state index contributed by atoms with van der Waals surface area (Å²) in [6.07, 6.45) is 20.6. The monoisotopic (exact) mass is 767 g/mol. The van der Waals surface area contributed by atoms with Crippen LogP contribution in [0.25, 0.3) is 0 Å². The Bertz CT molecular complexity index is 1340. The van der Waals surface area contributed by atoms with E-state index in [2.05, 4.69) is 81.5 Å².